The van der Waals surface area contributed by atoms with Crippen LogP contribution >= 0.6 is 28.1 Å². The summed E-state index contributed by atoms with van der Waals surface area (Å²) in [5.74, 6) is 0.188. The molecule has 0 spiro atoms. The van der Waals surface area contributed by atoms with Gasteiger partial charge >= 0.3 is 0 Å². The zero-order chi connectivity index (χ0) is 23.0. The molecule has 0 saturated heterocycles. The van der Waals surface area contributed by atoms with Crippen LogP contribution in [0.25, 0.3) is 0 Å². The summed E-state index contributed by atoms with van der Waals surface area (Å²) in [6, 6.07) is 12.3. The number of ether oxygens (including phenoxy) is 1. The molecule has 0 saturated carbocycles. The minimum atomic E-state index is -0.404. The Labute approximate surface area is 197 Å². The third-order valence-electron chi connectivity index (χ3n) is 4.40. The highest BCUT2D eigenvalue weighted by Gasteiger charge is 2.17. The summed E-state index contributed by atoms with van der Waals surface area (Å²) in [6.45, 7) is 8.50. The number of carbonyl (C=O) groups is 2. The maximum absolute atomic E-state index is 12.8. The van der Waals surface area contributed by atoms with Crippen LogP contribution in [0.3, 0.4) is 0 Å². The van der Waals surface area contributed by atoms with E-state index in [4.69, 9.17) is 17.0 Å². The van der Waals surface area contributed by atoms with E-state index >= 15 is 0 Å². The number of para-hydroxylation sites is 1. The lowest BCUT2D eigenvalue weighted by Crippen LogP contribution is -2.36. The highest BCUT2D eigenvalue weighted by Crippen LogP contribution is 2.24. The Morgan fingerprint density at radius 3 is 2.45 bits per heavy atom. The topological polar surface area (TPSA) is 79.5 Å². The van der Waals surface area contributed by atoms with Gasteiger partial charge in [-0.15, -0.1) is 0 Å². The van der Waals surface area contributed by atoms with E-state index in [9.17, 15) is 9.59 Å². The predicted octanol–water partition coefficient (Wildman–Crippen LogP) is 5.14. The minimum Gasteiger partial charge on any atom is -0.492 e. The molecule has 2 rings (SSSR count). The first-order chi connectivity index (χ1) is 14.7. The number of rotatable bonds is 8. The second-order valence-electron chi connectivity index (χ2n) is 7.58. The maximum Gasteiger partial charge on any atom is 0.261 e. The third-order valence-corrected chi connectivity index (χ3v) is 5.09. The summed E-state index contributed by atoms with van der Waals surface area (Å²) >= 11 is 8.71. The largest absolute Gasteiger partial charge is 0.492 e. The quantitative estimate of drug-likeness (QED) is 0.432. The molecule has 3 N–H and O–H groups in total. The molecule has 2 aromatic rings. The van der Waals surface area contributed by atoms with E-state index in [0.717, 1.165) is 10.9 Å². The van der Waals surface area contributed by atoms with Crippen LogP contribution in [0.5, 0.6) is 5.75 Å². The summed E-state index contributed by atoms with van der Waals surface area (Å²) in [5, 5.41) is 8.64. The van der Waals surface area contributed by atoms with Crippen LogP contribution in [0.1, 0.15) is 54.8 Å². The van der Waals surface area contributed by atoms with Crippen molar-refractivity contribution in [1.82, 2.24) is 10.6 Å². The summed E-state index contributed by atoms with van der Waals surface area (Å²) in [7, 11) is 0. The standard InChI is InChI=1S/C23H28BrN3O3S/c1-5-15(4)25-21(28)17-8-6-7-9-19(17)26-23(31)27-22(29)18-12-16(24)10-11-20(18)30-13-14(2)3/h6-12,14-15H,5,13H2,1-4H3,(H,25,28)(H2,26,27,29,31). The van der Waals surface area contributed by atoms with Crippen molar-refractivity contribution in [2.75, 3.05) is 11.9 Å². The minimum absolute atomic E-state index is 0.0491. The van der Waals surface area contributed by atoms with Gasteiger partial charge in [0, 0.05) is 10.5 Å². The van der Waals surface area contributed by atoms with Crippen LogP contribution in [-0.2, 0) is 0 Å². The van der Waals surface area contributed by atoms with Crippen LogP contribution in [0.15, 0.2) is 46.9 Å². The Morgan fingerprint density at radius 1 is 1.06 bits per heavy atom. The van der Waals surface area contributed by atoms with Crippen LogP contribution in [-0.4, -0.2) is 29.6 Å². The Morgan fingerprint density at radius 2 is 1.77 bits per heavy atom. The Kier molecular flexibility index (Phi) is 9.45. The van der Waals surface area contributed by atoms with Crippen LogP contribution in [0.2, 0.25) is 0 Å². The van der Waals surface area contributed by atoms with Gasteiger partial charge in [0.1, 0.15) is 5.75 Å². The molecule has 0 aliphatic heterocycles. The molecule has 0 heterocycles. The fourth-order valence-electron chi connectivity index (χ4n) is 2.58. The van der Waals surface area contributed by atoms with E-state index in [1.54, 1.807) is 36.4 Å². The monoisotopic (exact) mass is 505 g/mol. The van der Waals surface area contributed by atoms with Gasteiger partial charge in [0.05, 0.1) is 23.4 Å². The molecule has 2 aromatic carbocycles. The molecule has 0 bridgehead atoms. The van der Waals surface area contributed by atoms with Gasteiger partial charge in [-0.25, -0.2) is 0 Å². The number of nitrogens with one attached hydrogen (secondary N) is 3. The summed E-state index contributed by atoms with van der Waals surface area (Å²) in [4.78, 5) is 25.4. The summed E-state index contributed by atoms with van der Waals surface area (Å²) < 4.78 is 6.52. The molecule has 8 heteroatoms. The maximum atomic E-state index is 12.8. The van der Waals surface area contributed by atoms with Gasteiger partial charge in [0.25, 0.3) is 11.8 Å². The molecule has 1 atom stereocenters. The van der Waals surface area contributed by atoms with Crippen LogP contribution in [0, 0.1) is 5.92 Å². The van der Waals surface area contributed by atoms with Crippen molar-refractivity contribution < 1.29 is 14.3 Å². The van der Waals surface area contributed by atoms with Crippen LogP contribution in [0.4, 0.5) is 5.69 Å². The SMILES string of the molecule is CCC(C)NC(=O)c1ccccc1NC(=S)NC(=O)c1cc(Br)ccc1OCC(C)C. The van der Waals surface area contributed by atoms with Crippen molar-refractivity contribution in [1.29, 1.82) is 0 Å². The molecule has 1 unspecified atom stereocenters. The first kappa shape index (κ1) is 24.8. The molecule has 2 amide bonds. The smallest absolute Gasteiger partial charge is 0.261 e. The zero-order valence-corrected chi connectivity index (χ0v) is 20.5. The molecule has 0 aliphatic rings. The average molecular weight is 506 g/mol. The van der Waals surface area contributed by atoms with Crippen molar-refractivity contribution >= 4 is 50.8 Å². The molecule has 31 heavy (non-hydrogen) atoms. The molecular weight excluding hydrogens is 478 g/mol. The third kappa shape index (κ3) is 7.63. The molecule has 6 nitrogen and oxygen atoms in total. The van der Waals surface area contributed by atoms with E-state index in [1.165, 1.54) is 0 Å². The van der Waals surface area contributed by atoms with Crippen molar-refractivity contribution in [2.24, 2.45) is 5.92 Å². The number of carbonyl (C=O) groups excluding carboxylic acids is 2. The van der Waals surface area contributed by atoms with Gasteiger partial charge < -0.3 is 15.4 Å². The van der Waals surface area contributed by atoms with E-state index in [1.807, 2.05) is 33.8 Å². The number of amides is 2. The molecule has 0 aromatic heterocycles. The van der Waals surface area contributed by atoms with E-state index in [0.29, 0.717) is 35.1 Å². The van der Waals surface area contributed by atoms with Crippen molar-refractivity contribution in [2.45, 2.75) is 40.2 Å². The van der Waals surface area contributed by atoms with Gasteiger partial charge in [-0.05, 0) is 61.8 Å². The van der Waals surface area contributed by atoms with Gasteiger partial charge in [-0.1, -0.05) is 48.8 Å². The summed E-state index contributed by atoms with van der Waals surface area (Å²) in [6.07, 6.45) is 0.823. The predicted molar refractivity (Wildman–Crippen MR) is 132 cm³/mol. The molecule has 0 radical (unpaired) electrons. The van der Waals surface area contributed by atoms with Gasteiger partial charge in [0.2, 0.25) is 0 Å². The average Bonchev–Trinajstić information content (AvgIpc) is 2.72. The first-order valence-electron chi connectivity index (χ1n) is 10.2. The fourth-order valence-corrected chi connectivity index (χ4v) is 3.14. The number of hydrogen-bond donors (Lipinski definition) is 3. The van der Waals surface area contributed by atoms with Crippen molar-refractivity contribution in [3.63, 3.8) is 0 Å². The molecular formula is C23H28BrN3O3S. The first-order valence-corrected chi connectivity index (χ1v) is 11.4. The number of hydrogen-bond acceptors (Lipinski definition) is 4. The lowest BCUT2D eigenvalue weighted by Gasteiger charge is -2.17. The lowest BCUT2D eigenvalue weighted by atomic mass is 10.1. The second kappa shape index (κ2) is 11.8. The number of thiocarbonyl (C=S) groups is 1. The molecule has 0 aliphatic carbocycles. The molecule has 0 fully saturated rings. The van der Waals surface area contributed by atoms with Crippen molar-refractivity contribution in [3.05, 3.63) is 58.1 Å². The van der Waals surface area contributed by atoms with Gasteiger partial charge in [0.15, 0.2) is 5.11 Å². The van der Waals surface area contributed by atoms with E-state index in [-0.39, 0.29) is 17.1 Å². The Bertz CT molecular complexity index is 949. The number of halogens is 1. The van der Waals surface area contributed by atoms with Gasteiger partial charge in [-0.2, -0.15) is 0 Å². The Balaban J connectivity index is 2.13. The Hall–Kier alpha value is -2.45. The highest BCUT2D eigenvalue weighted by atomic mass is 79.9. The van der Waals surface area contributed by atoms with Crippen molar-refractivity contribution in [3.8, 4) is 5.75 Å². The number of benzene rings is 2. The fraction of sp³-hybridized carbons (Fsp3) is 0.348. The normalized spacial score (nSPS) is 11.5. The second-order valence-corrected chi connectivity index (χ2v) is 8.91. The van der Waals surface area contributed by atoms with Crippen LogP contribution < -0.4 is 20.7 Å². The van der Waals surface area contributed by atoms with E-state index in [2.05, 4.69) is 31.9 Å². The number of anilines is 1. The van der Waals surface area contributed by atoms with E-state index < -0.39 is 5.91 Å². The highest BCUT2D eigenvalue weighted by molar-refractivity contribution is 9.10. The zero-order valence-electron chi connectivity index (χ0n) is 18.1. The van der Waals surface area contributed by atoms with Gasteiger partial charge in [-0.3, -0.25) is 14.9 Å². The summed E-state index contributed by atoms with van der Waals surface area (Å²) in [5.41, 5.74) is 1.32. The lowest BCUT2D eigenvalue weighted by molar-refractivity contribution is 0.0938. The molecule has 166 valence electrons.